The van der Waals surface area contributed by atoms with Gasteiger partial charge in [-0.1, -0.05) is 0 Å². The van der Waals surface area contributed by atoms with Crippen LogP contribution in [-0.4, -0.2) is 17.6 Å². The lowest BCUT2D eigenvalue weighted by molar-refractivity contribution is -0.384. The number of nitro groups is 1. The molecule has 2 rings (SSSR count). The van der Waals surface area contributed by atoms with Crippen LogP contribution in [0.15, 0.2) is 24.3 Å². The number of nitrogens with two attached hydrogens (primary N) is 1. The van der Waals surface area contributed by atoms with Crippen molar-refractivity contribution in [2.75, 3.05) is 6.61 Å². The minimum Gasteiger partial charge on any atom is -0.493 e. The molecule has 92 valence electrons. The Morgan fingerprint density at radius 1 is 1.35 bits per heavy atom. The van der Waals surface area contributed by atoms with E-state index < -0.39 is 4.92 Å². The van der Waals surface area contributed by atoms with Crippen molar-refractivity contribution >= 4 is 5.69 Å². The van der Waals surface area contributed by atoms with Gasteiger partial charge in [0.2, 0.25) is 0 Å². The fraction of sp³-hybridized carbons (Fsp3) is 0.500. The minimum absolute atomic E-state index is 0.0836. The van der Waals surface area contributed by atoms with Gasteiger partial charge >= 0.3 is 0 Å². The molecule has 0 radical (unpaired) electrons. The van der Waals surface area contributed by atoms with Gasteiger partial charge in [0.15, 0.2) is 0 Å². The molecule has 5 nitrogen and oxygen atoms in total. The summed E-state index contributed by atoms with van der Waals surface area (Å²) in [6, 6.07) is 6.48. The minimum atomic E-state index is -0.417. The highest BCUT2D eigenvalue weighted by Gasteiger charge is 2.22. The van der Waals surface area contributed by atoms with Crippen LogP contribution in [0.25, 0.3) is 0 Å². The van der Waals surface area contributed by atoms with Crippen LogP contribution in [0.5, 0.6) is 5.75 Å². The quantitative estimate of drug-likeness (QED) is 0.641. The van der Waals surface area contributed by atoms with Gasteiger partial charge in [-0.15, -0.1) is 0 Å². The van der Waals surface area contributed by atoms with Crippen LogP contribution in [0.3, 0.4) is 0 Å². The Labute approximate surface area is 99.7 Å². The molecule has 1 aromatic carbocycles. The molecule has 2 atom stereocenters. The van der Waals surface area contributed by atoms with E-state index in [0.717, 1.165) is 19.3 Å². The second-order valence-electron chi connectivity index (χ2n) is 4.50. The largest absolute Gasteiger partial charge is 0.493 e. The number of ether oxygens (including phenoxy) is 1. The number of nitro benzene ring substituents is 1. The lowest BCUT2D eigenvalue weighted by Crippen LogP contribution is -2.16. The van der Waals surface area contributed by atoms with E-state index in [1.165, 1.54) is 12.1 Å². The molecule has 0 aliphatic heterocycles. The van der Waals surface area contributed by atoms with E-state index >= 15 is 0 Å². The summed E-state index contributed by atoms with van der Waals surface area (Å²) >= 11 is 0. The SMILES string of the molecule is N[C@@H]1CC[C@H](COc2ccc([N+](=O)[O-])cc2)C1. The molecule has 0 aromatic heterocycles. The van der Waals surface area contributed by atoms with Gasteiger partial charge < -0.3 is 10.5 Å². The molecule has 0 amide bonds. The van der Waals surface area contributed by atoms with Crippen molar-refractivity contribution in [3.8, 4) is 5.75 Å². The zero-order valence-electron chi connectivity index (χ0n) is 9.54. The number of hydrogen-bond donors (Lipinski definition) is 1. The first kappa shape index (κ1) is 11.9. The third-order valence-electron chi connectivity index (χ3n) is 3.12. The Balaban J connectivity index is 1.85. The van der Waals surface area contributed by atoms with E-state index in [9.17, 15) is 10.1 Å². The molecule has 1 aromatic rings. The van der Waals surface area contributed by atoms with Gasteiger partial charge in [-0.3, -0.25) is 10.1 Å². The monoisotopic (exact) mass is 236 g/mol. The number of non-ortho nitro benzene ring substituents is 1. The van der Waals surface area contributed by atoms with Gasteiger partial charge in [-0.25, -0.2) is 0 Å². The van der Waals surface area contributed by atoms with Crippen molar-refractivity contribution in [3.05, 3.63) is 34.4 Å². The molecular formula is C12H16N2O3. The van der Waals surface area contributed by atoms with Crippen molar-refractivity contribution in [3.63, 3.8) is 0 Å². The molecule has 2 N–H and O–H groups in total. The first-order valence-corrected chi connectivity index (χ1v) is 5.78. The Hall–Kier alpha value is -1.62. The predicted molar refractivity (Wildman–Crippen MR) is 63.9 cm³/mol. The highest BCUT2D eigenvalue weighted by molar-refractivity contribution is 5.35. The van der Waals surface area contributed by atoms with Crippen molar-refractivity contribution < 1.29 is 9.66 Å². The van der Waals surface area contributed by atoms with E-state index in [2.05, 4.69) is 0 Å². The zero-order chi connectivity index (χ0) is 12.3. The number of nitrogens with zero attached hydrogens (tertiary/aromatic N) is 1. The average Bonchev–Trinajstić information content (AvgIpc) is 2.73. The molecule has 1 fully saturated rings. The van der Waals surface area contributed by atoms with Crippen LogP contribution in [0.4, 0.5) is 5.69 Å². The maximum atomic E-state index is 10.5. The Bertz CT molecular complexity index is 391. The Kier molecular flexibility index (Phi) is 3.58. The van der Waals surface area contributed by atoms with Gasteiger partial charge in [-0.05, 0) is 37.3 Å². The summed E-state index contributed by atoms with van der Waals surface area (Å²) in [7, 11) is 0. The van der Waals surface area contributed by atoms with E-state index in [-0.39, 0.29) is 5.69 Å². The van der Waals surface area contributed by atoms with Crippen LogP contribution < -0.4 is 10.5 Å². The second-order valence-corrected chi connectivity index (χ2v) is 4.50. The molecule has 0 bridgehead atoms. The first-order valence-electron chi connectivity index (χ1n) is 5.78. The summed E-state index contributed by atoms with van der Waals surface area (Å²) in [6.45, 7) is 0.644. The summed E-state index contributed by atoms with van der Waals surface area (Å²) < 4.78 is 5.59. The zero-order valence-corrected chi connectivity index (χ0v) is 9.54. The second kappa shape index (κ2) is 5.14. The molecule has 17 heavy (non-hydrogen) atoms. The molecule has 1 saturated carbocycles. The maximum Gasteiger partial charge on any atom is 0.269 e. The topological polar surface area (TPSA) is 78.4 Å². The van der Waals surface area contributed by atoms with E-state index in [1.807, 2.05) is 0 Å². The predicted octanol–water partition coefficient (Wildman–Crippen LogP) is 2.10. The third kappa shape index (κ3) is 3.17. The van der Waals surface area contributed by atoms with E-state index in [1.54, 1.807) is 12.1 Å². The Morgan fingerprint density at radius 2 is 2.06 bits per heavy atom. The van der Waals surface area contributed by atoms with Crippen LogP contribution in [0, 0.1) is 16.0 Å². The van der Waals surface area contributed by atoms with Crippen molar-refractivity contribution in [1.29, 1.82) is 0 Å². The third-order valence-corrected chi connectivity index (χ3v) is 3.12. The number of hydrogen-bond acceptors (Lipinski definition) is 4. The molecule has 0 spiro atoms. The van der Waals surface area contributed by atoms with Crippen molar-refractivity contribution in [2.45, 2.75) is 25.3 Å². The molecule has 0 unspecified atom stereocenters. The van der Waals surface area contributed by atoms with Gasteiger partial charge in [0.05, 0.1) is 11.5 Å². The molecule has 1 aliphatic rings. The summed E-state index contributed by atoms with van der Waals surface area (Å²) in [5.74, 6) is 1.19. The van der Waals surface area contributed by atoms with Gasteiger partial charge in [0, 0.05) is 18.2 Å². The lowest BCUT2D eigenvalue weighted by Gasteiger charge is -2.11. The van der Waals surface area contributed by atoms with Crippen molar-refractivity contribution in [1.82, 2.24) is 0 Å². The lowest BCUT2D eigenvalue weighted by atomic mass is 10.1. The number of rotatable bonds is 4. The summed E-state index contributed by atoms with van der Waals surface area (Å²) in [4.78, 5) is 10.0. The van der Waals surface area contributed by atoms with Gasteiger partial charge in [0.1, 0.15) is 5.75 Å². The first-order chi connectivity index (χ1) is 8.15. The molecule has 0 heterocycles. The maximum absolute atomic E-state index is 10.5. The fourth-order valence-electron chi connectivity index (χ4n) is 2.14. The molecule has 5 heteroatoms. The average molecular weight is 236 g/mol. The van der Waals surface area contributed by atoms with Crippen LogP contribution in [0.2, 0.25) is 0 Å². The van der Waals surface area contributed by atoms with Crippen LogP contribution >= 0.6 is 0 Å². The summed E-state index contributed by atoms with van der Waals surface area (Å²) in [5, 5.41) is 10.5. The fourth-order valence-corrected chi connectivity index (χ4v) is 2.14. The van der Waals surface area contributed by atoms with Gasteiger partial charge in [0.25, 0.3) is 5.69 Å². The standard InChI is InChI=1S/C12H16N2O3/c13-10-2-1-9(7-10)8-17-12-5-3-11(4-6-12)14(15)16/h3-6,9-10H,1-2,7-8,13H2/t9-,10+/m0/s1. The molecule has 1 aliphatic carbocycles. The Morgan fingerprint density at radius 3 is 2.59 bits per heavy atom. The summed E-state index contributed by atoms with van der Waals surface area (Å²) in [5.41, 5.74) is 5.90. The van der Waals surface area contributed by atoms with Crippen LogP contribution in [0.1, 0.15) is 19.3 Å². The molecule has 0 saturated heterocycles. The molecular weight excluding hydrogens is 220 g/mol. The van der Waals surface area contributed by atoms with Crippen LogP contribution in [-0.2, 0) is 0 Å². The number of benzene rings is 1. The van der Waals surface area contributed by atoms with Crippen molar-refractivity contribution in [2.24, 2.45) is 11.7 Å². The van der Waals surface area contributed by atoms with Gasteiger partial charge in [-0.2, -0.15) is 0 Å². The normalized spacial score (nSPS) is 23.6. The summed E-state index contributed by atoms with van der Waals surface area (Å²) in [6.07, 6.45) is 3.18. The van der Waals surface area contributed by atoms with E-state index in [4.69, 9.17) is 10.5 Å². The smallest absolute Gasteiger partial charge is 0.269 e. The van der Waals surface area contributed by atoms with E-state index in [0.29, 0.717) is 24.3 Å². The highest BCUT2D eigenvalue weighted by atomic mass is 16.6. The highest BCUT2D eigenvalue weighted by Crippen LogP contribution is 2.25.